The van der Waals surface area contributed by atoms with Gasteiger partial charge in [-0.15, -0.1) is 0 Å². The van der Waals surface area contributed by atoms with Gasteiger partial charge in [-0.2, -0.15) is 0 Å². The van der Waals surface area contributed by atoms with Gasteiger partial charge in [0.2, 0.25) is 0 Å². The summed E-state index contributed by atoms with van der Waals surface area (Å²) in [5.74, 6) is 0.802. The molecular weight excluding hydrogens is 268 g/mol. The van der Waals surface area contributed by atoms with Crippen molar-refractivity contribution >= 4 is 17.2 Å². The van der Waals surface area contributed by atoms with E-state index in [4.69, 9.17) is 22.7 Å². The SMILES string of the molecule is NC(=S)c1ccccc1OCCCN1CCCCCC1. The van der Waals surface area contributed by atoms with Crippen LogP contribution in [0.4, 0.5) is 0 Å². The van der Waals surface area contributed by atoms with Crippen molar-refractivity contribution in [2.45, 2.75) is 32.1 Å². The number of nitrogens with two attached hydrogens (primary N) is 1. The Labute approximate surface area is 127 Å². The van der Waals surface area contributed by atoms with Gasteiger partial charge in [-0.05, 0) is 44.5 Å². The highest BCUT2D eigenvalue weighted by molar-refractivity contribution is 7.80. The van der Waals surface area contributed by atoms with E-state index in [1.165, 1.54) is 38.8 Å². The van der Waals surface area contributed by atoms with E-state index in [1.807, 2.05) is 24.3 Å². The molecule has 0 spiro atoms. The molecule has 1 heterocycles. The second kappa shape index (κ2) is 8.22. The lowest BCUT2D eigenvalue weighted by Crippen LogP contribution is -2.26. The minimum atomic E-state index is 0.396. The number of likely N-dealkylation sites (tertiary alicyclic amines) is 1. The Morgan fingerprint density at radius 2 is 1.85 bits per heavy atom. The zero-order valence-corrected chi connectivity index (χ0v) is 12.8. The van der Waals surface area contributed by atoms with Crippen molar-refractivity contribution in [1.29, 1.82) is 0 Å². The number of benzene rings is 1. The lowest BCUT2D eigenvalue weighted by Gasteiger charge is -2.19. The van der Waals surface area contributed by atoms with E-state index >= 15 is 0 Å². The van der Waals surface area contributed by atoms with Gasteiger partial charge in [0.05, 0.1) is 12.2 Å². The Hall–Kier alpha value is -1.13. The van der Waals surface area contributed by atoms with Gasteiger partial charge in [-0.1, -0.05) is 37.2 Å². The monoisotopic (exact) mass is 292 g/mol. The van der Waals surface area contributed by atoms with Crippen LogP contribution in [-0.2, 0) is 0 Å². The standard InChI is InChI=1S/C16H24N2OS/c17-16(20)14-8-3-4-9-15(14)19-13-7-12-18-10-5-1-2-6-11-18/h3-4,8-9H,1-2,5-7,10-13H2,(H2,17,20). The molecule has 2 rings (SSSR count). The molecule has 0 amide bonds. The first kappa shape index (κ1) is 15.3. The number of thiocarbonyl (C=S) groups is 1. The van der Waals surface area contributed by atoms with Crippen LogP contribution in [0.25, 0.3) is 0 Å². The number of hydrogen-bond donors (Lipinski definition) is 1. The maximum atomic E-state index is 5.83. The minimum absolute atomic E-state index is 0.396. The average molecular weight is 292 g/mol. The topological polar surface area (TPSA) is 38.5 Å². The molecule has 0 atom stereocenters. The quantitative estimate of drug-likeness (QED) is 0.646. The number of nitrogens with zero attached hydrogens (tertiary/aromatic N) is 1. The van der Waals surface area contributed by atoms with Crippen molar-refractivity contribution in [2.24, 2.45) is 5.73 Å². The summed E-state index contributed by atoms with van der Waals surface area (Å²) in [6.07, 6.45) is 6.49. The number of para-hydroxylation sites is 1. The molecule has 1 saturated heterocycles. The summed E-state index contributed by atoms with van der Waals surface area (Å²) >= 11 is 5.04. The fourth-order valence-corrected chi connectivity index (χ4v) is 2.79. The van der Waals surface area contributed by atoms with Gasteiger partial charge in [0.1, 0.15) is 10.7 Å². The molecule has 1 aliphatic heterocycles. The minimum Gasteiger partial charge on any atom is -0.493 e. The van der Waals surface area contributed by atoms with Crippen LogP contribution in [0.5, 0.6) is 5.75 Å². The molecule has 1 aromatic carbocycles. The summed E-state index contributed by atoms with van der Waals surface area (Å²) in [6.45, 7) is 4.32. The summed E-state index contributed by atoms with van der Waals surface area (Å²) < 4.78 is 5.83. The third-order valence-electron chi connectivity index (χ3n) is 3.73. The third-order valence-corrected chi connectivity index (χ3v) is 3.95. The molecular formula is C16H24N2OS. The molecule has 0 radical (unpaired) electrons. The molecule has 0 aromatic heterocycles. The summed E-state index contributed by atoms with van der Waals surface area (Å²) in [7, 11) is 0. The van der Waals surface area contributed by atoms with E-state index in [0.29, 0.717) is 4.99 Å². The first-order valence-corrected chi connectivity index (χ1v) is 7.92. The molecule has 3 nitrogen and oxygen atoms in total. The Morgan fingerprint density at radius 3 is 2.55 bits per heavy atom. The van der Waals surface area contributed by atoms with Crippen molar-refractivity contribution < 1.29 is 4.74 Å². The Bertz CT molecular complexity index is 428. The normalized spacial score (nSPS) is 16.6. The van der Waals surface area contributed by atoms with E-state index in [9.17, 15) is 0 Å². The van der Waals surface area contributed by atoms with Crippen molar-refractivity contribution in [2.75, 3.05) is 26.2 Å². The molecule has 1 fully saturated rings. The number of hydrogen-bond acceptors (Lipinski definition) is 3. The second-order valence-electron chi connectivity index (χ2n) is 5.32. The fourth-order valence-electron chi connectivity index (χ4n) is 2.63. The highest BCUT2D eigenvalue weighted by Gasteiger charge is 2.09. The zero-order valence-electron chi connectivity index (χ0n) is 12.0. The van der Waals surface area contributed by atoms with Gasteiger partial charge < -0.3 is 15.4 Å². The second-order valence-corrected chi connectivity index (χ2v) is 5.76. The molecule has 0 unspecified atom stereocenters. The zero-order chi connectivity index (χ0) is 14.2. The van der Waals surface area contributed by atoms with E-state index in [-0.39, 0.29) is 0 Å². The lowest BCUT2D eigenvalue weighted by atomic mass is 10.2. The molecule has 4 heteroatoms. The van der Waals surface area contributed by atoms with Gasteiger partial charge >= 0.3 is 0 Å². The van der Waals surface area contributed by atoms with Crippen LogP contribution in [0.3, 0.4) is 0 Å². The molecule has 20 heavy (non-hydrogen) atoms. The molecule has 1 aromatic rings. The van der Waals surface area contributed by atoms with Crippen LogP contribution in [0.2, 0.25) is 0 Å². The van der Waals surface area contributed by atoms with E-state index < -0.39 is 0 Å². The van der Waals surface area contributed by atoms with Gasteiger partial charge in [-0.25, -0.2) is 0 Å². The van der Waals surface area contributed by atoms with Gasteiger partial charge in [-0.3, -0.25) is 0 Å². The van der Waals surface area contributed by atoms with Gasteiger partial charge in [0, 0.05) is 6.54 Å². The van der Waals surface area contributed by atoms with Crippen molar-refractivity contribution in [3.63, 3.8) is 0 Å². The largest absolute Gasteiger partial charge is 0.493 e. The molecule has 1 aliphatic rings. The maximum Gasteiger partial charge on any atom is 0.129 e. The average Bonchev–Trinajstić information content (AvgIpc) is 2.72. The summed E-state index contributed by atoms with van der Waals surface area (Å²) in [4.78, 5) is 2.95. The van der Waals surface area contributed by atoms with Gasteiger partial charge in [0.25, 0.3) is 0 Å². The van der Waals surface area contributed by atoms with Crippen molar-refractivity contribution in [1.82, 2.24) is 4.90 Å². The first-order valence-electron chi connectivity index (χ1n) is 7.51. The van der Waals surface area contributed by atoms with Crippen LogP contribution in [0.15, 0.2) is 24.3 Å². The Morgan fingerprint density at radius 1 is 1.15 bits per heavy atom. The predicted molar refractivity (Wildman–Crippen MR) is 87.3 cm³/mol. The van der Waals surface area contributed by atoms with E-state index in [1.54, 1.807) is 0 Å². The maximum absolute atomic E-state index is 5.83. The molecule has 2 N–H and O–H groups in total. The van der Waals surface area contributed by atoms with Crippen LogP contribution >= 0.6 is 12.2 Å². The smallest absolute Gasteiger partial charge is 0.129 e. The predicted octanol–water partition coefficient (Wildman–Crippen LogP) is 2.97. The van der Waals surface area contributed by atoms with Crippen LogP contribution in [0.1, 0.15) is 37.7 Å². The molecule has 0 aliphatic carbocycles. The summed E-state index contributed by atoms with van der Waals surface area (Å²) in [6, 6.07) is 7.72. The lowest BCUT2D eigenvalue weighted by molar-refractivity contribution is 0.240. The highest BCUT2D eigenvalue weighted by atomic mass is 32.1. The van der Waals surface area contributed by atoms with Gasteiger partial charge in [0.15, 0.2) is 0 Å². The molecule has 110 valence electrons. The number of rotatable bonds is 6. The Balaban J connectivity index is 1.74. The van der Waals surface area contributed by atoms with Crippen molar-refractivity contribution in [3.05, 3.63) is 29.8 Å². The highest BCUT2D eigenvalue weighted by Crippen LogP contribution is 2.18. The van der Waals surface area contributed by atoms with E-state index in [2.05, 4.69) is 4.90 Å². The van der Waals surface area contributed by atoms with Crippen LogP contribution < -0.4 is 10.5 Å². The molecule has 0 bridgehead atoms. The fraction of sp³-hybridized carbons (Fsp3) is 0.562. The van der Waals surface area contributed by atoms with E-state index in [0.717, 1.165) is 30.9 Å². The first-order chi connectivity index (χ1) is 9.77. The van der Waals surface area contributed by atoms with Crippen LogP contribution in [0, 0.1) is 0 Å². The number of ether oxygens (including phenoxy) is 1. The summed E-state index contributed by atoms with van der Waals surface area (Å²) in [5, 5.41) is 0. The van der Waals surface area contributed by atoms with Crippen molar-refractivity contribution in [3.8, 4) is 5.75 Å². The third kappa shape index (κ3) is 4.76. The Kier molecular flexibility index (Phi) is 6.27. The summed E-state index contributed by atoms with van der Waals surface area (Å²) in [5.41, 5.74) is 6.53. The van der Waals surface area contributed by atoms with Crippen LogP contribution in [-0.4, -0.2) is 36.1 Å². The molecule has 0 saturated carbocycles.